The Hall–Kier alpha value is -2.70. The topological polar surface area (TPSA) is 90.8 Å². The smallest absolute Gasteiger partial charge is 0.408 e. The molecule has 1 aliphatic heterocycles. The lowest BCUT2D eigenvalue weighted by molar-refractivity contribution is -0.183. The van der Waals surface area contributed by atoms with E-state index in [9.17, 15) is 13.2 Å². The monoisotopic (exact) mass is 572 g/mol. The third-order valence-corrected chi connectivity index (χ3v) is 6.45. The Balaban J connectivity index is 0.00000200. The summed E-state index contributed by atoms with van der Waals surface area (Å²) in [5.74, 6) is 0.994. The minimum Gasteiger partial charge on any atom is -0.491 e. The summed E-state index contributed by atoms with van der Waals surface area (Å²) in [6, 6.07) is 10.2. The Labute approximate surface area is 230 Å². The molecule has 8 nitrogen and oxygen atoms in total. The quantitative estimate of drug-likeness (QED) is 0.339. The van der Waals surface area contributed by atoms with E-state index in [0.29, 0.717) is 41.5 Å². The molecule has 3 aromatic heterocycles. The van der Waals surface area contributed by atoms with Crippen molar-refractivity contribution in [3.05, 3.63) is 54.2 Å². The zero-order valence-corrected chi connectivity index (χ0v) is 22.4. The average molecular weight is 573 g/mol. The van der Waals surface area contributed by atoms with Crippen molar-refractivity contribution in [3.8, 4) is 17.3 Å². The predicted molar refractivity (Wildman–Crippen MR) is 143 cm³/mol. The van der Waals surface area contributed by atoms with Gasteiger partial charge in [-0.2, -0.15) is 13.2 Å². The third-order valence-electron chi connectivity index (χ3n) is 6.45. The van der Waals surface area contributed by atoms with E-state index in [0.717, 1.165) is 5.39 Å². The van der Waals surface area contributed by atoms with Crippen LogP contribution in [0.1, 0.15) is 24.9 Å². The lowest BCUT2D eigenvalue weighted by Crippen LogP contribution is -2.38. The molecule has 1 aliphatic rings. The van der Waals surface area contributed by atoms with Gasteiger partial charge in [0.2, 0.25) is 0 Å². The second-order valence-corrected chi connectivity index (χ2v) is 9.11. The standard InChI is InChI=1S/C25H27F3N6O2.2ClH/c1-15(35-2)14-36-19-6-3-16-4-7-20(30-21(16)11-19)24-32-31-22-8-5-17(12-34(22)24)23(25(26,27)28)33-10-9-18(29)13-33;;/h3-8,11-12,15,18,23H,9-10,13-14,29H2,1-2H3;2*1H/t15-,18-,23+;;/m0../s1. The number of aromatic nitrogens is 4. The molecule has 3 atom stereocenters. The number of fused-ring (bicyclic) bond motifs is 2. The van der Waals surface area contributed by atoms with Crippen LogP contribution in [0.2, 0.25) is 0 Å². The van der Waals surface area contributed by atoms with Crippen LogP contribution in [-0.2, 0) is 4.74 Å². The van der Waals surface area contributed by atoms with Crippen molar-refractivity contribution < 1.29 is 22.6 Å². The minimum absolute atomic E-state index is 0. The molecule has 0 saturated carbocycles. The van der Waals surface area contributed by atoms with Gasteiger partial charge < -0.3 is 15.2 Å². The van der Waals surface area contributed by atoms with Crippen LogP contribution in [0.15, 0.2) is 48.7 Å². The second-order valence-electron chi connectivity index (χ2n) is 9.11. The number of pyridine rings is 2. The van der Waals surface area contributed by atoms with E-state index in [1.165, 1.54) is 17.2 Å². The molecule has 1 saturated heterocycles. The number of hydrogen-bond acceptors (Lipinski definition) is 7. The van der Waals surface area contributed by atoms with Crippen molar-refractivity contribution in [2.75, 3.05) is 26.8 Å². The molecule has 13 heteroatoms. The van der Waals surface area contributed by atoms with E-state index >= 15 is 0 Å². The lowest BCUT2D eigenvalue weighted by Gasteiger charge is -2.30. The molecule has 5 rings (SSSR count). The molecule has 0 bridgehead atoms. The highest BCUT2D eigenvalue weighted by Crippen LogP contribution is 2.39. The van der Waals surface area contributed by atoms with Gasteiger partial charge in [-0.15, -0.1) is 35.0 Å². The van der Waals surface area contributed by atoms with E-state index < -0.39 is 12.2 Å². The number of likely N-dealkylation sites (tertiary alicyclic amines) is 1. The van der Waals surface area contributed by atoms with Gasteiger partial charge in [0.25, 0.3) is 0 Å². The molecule has 1 aromatic carbocycles. The summed E-state index contributed by atoms with van der Waals surface area (Å²) in [7, 11) is 1.62. The summed E-state index contributed by atoms with van der Waals surface area (Å²) in [4.78, 5) is 6.09. The van der Waals surface area contributed by atoms with E-state index in [1.54, 1.807) is 23.6 Å². The van der Waals surface area contributed by atoms with E-state index in [2.05, 4.69) is 10.2 Å². The third kappa shape index (κ3) is 6.13. The largest absolute Gasteiger partial charge is 0.491 e. The number of hydrogen-bond donors (Lipinski definition) is 1. The van der Waals surface area contributed by atoms with Gasteiger partial charge in [-0.05, 0) is 43.2 Å². The highest BCUT2D eigenvalue weighted by Gasteiger charge is 2.46. The molecule has 0 unspecified atom stereocenters. The maximum atomic E-state index is 14.1. The Morgan fingerprint density at radius 3 is 2.55 bits per heavy atom. The second kappa shape index (κ2) is 12.0. The number of nitrogens with two attached hydrogens (primary N) is 1. The summed E-state index contributed by atoms with van der Waals surface area (Å²) < 4.78 is 54.9. The van der Waals surface area contributed by atoms with Crippen LogP contribution >= 0.6 is 24.8 Å². The van der Waals surface area contributed by atoms with Gasteiger partial charge in [-0.1, -0.05) is 12.1 Å². The van der Waals surface area contributed by atoms with Crippen LogP contribution in [-0.4, -0.2) is 69.6 Å². The molecule has 0 amide bonds. The van der Waals surface area contributed by atoms with E-state index in [4.69, 9.17) is 20.2 Å². The van der Waals surface area contributed by atoms with Crippen LogP contribution in [0.25, 0.3) is 28.1 Å². The normalized spacial score (nSPS) is 17.7. The Kier molecular flexibility index (Phi) is 9.43. The van der Waals surface area contributed by atoms with Crippen molar-refractivity contribution in [1.82, 2.24) is 24.5 Å². The Bertz CT molecular complexity index is 1390. The fourth-order valence-corrected chi connectivity index (χ4v) is 4.49. The first-order chi connectivity index (χ1) is 17.2. The first-order valence-electron chi connectivity index (χ1n) is 11.7. The van der Waals surface area contributed by atoms with Crippen molar-refractivity contribution in [2.45, 2.75) is 37.7 Å². The zero-order chi connectivity index (χ0) is 25.4. The van der Waals surface area contributed by atoms with Crippen molar-refractivity contribution >= 4 is 41.4 Å². The Morgan fingerprint density at radius 2 is 1.87 bits per heavy atom. The van der Waals surface area contributed by atoms with Gasteiger partial charge in [0, 0.05) is 43.9 Å². The number of rotatable bonds is 7. The average Bonchev–Trinajstić information content (AvgIpc) is 3.47. The Morgan fingerprint density at radius 1 is 1.11 bits per heavy atom. The number of nitrogens with zero attached hydrogens (tertiary/aromatic N) is 5. The number of methoxy groups -OCH3 is 1. The predicted octanol–water partition coefficient (Wildman–Crippen LogP) is 4.84. The highest BCUT2D eigenvalue weighted by molar-refractivity contribution is 5.85. The molecule has 0 spiro atoms. The van der Waals surface area contributed by atoms with Crippen LogP contribution < -0.4 is 10.5 Å². The molecular weight excluding hydrogens is 544 g/mol. The fraction of sp³-hybridized carbons (Fsp3) is 0.400. The van der Waals surface area contributed by atoms with Gasteiger partial charge >= 0.3 is 6.18 Å². The summed E-state index contributed by atoms with van der Waals surface area (Å²) in [5.41, 5.74) is 7.59. The number of halogens is 5. The number of ether oxygens (including phenoxy) is 2. The van der Waals surface area contributed by atoms with Gasteiger partial charge in [-0.25, -0.2) is 4.98 Å². The summed E-state index contributed by atoms with van der Waals surface area (Å²) in [5, 5.41) is 9.26. The lowest BCUT2D eigenvalue weighted by atomic mass is 10.1. The molecular formula is C25H29Cl2F3N6O2. The van der Waals surface area contributed by atoms with Gasteiger partial charge in [0.1, 0.15) is 24.1 Å². The highest BCUT2D eigenvalue weighted by atomic mass is 35.5. The van der Waals surface area contributed by atoms with Gasteiger partial charge in [-0.3, -0.25) is 9.30 Å². The van der Waals surface area contributed by atoms with Crippen molar-refractivity contribution in [3.63, 3.8) is 0 Å². The molecule has 38 heavy (non-hydrogen) atoms. The maximum Gasteiger partial charge on any atom is 0.408 e. The first-order valence-corrected chi connectivity index (χ1v) is 11.7. The first kappa shape index (κ1) is 29.9. The van der Waals surface area contributed by atoms with E-state index in [1.807, 2.05) is 31.2 Å². The summed E-state index contributed by atoms with van der Waals surface area (Å²) in [6.07, 6.45) is -2.54. The van der Waals surface area contributed by atoms with Crippen LogP contribution in [0.4, 0.5) is 13.2 Å². The molecule has 4 aromatic rings. The maximum absolute atomic E-state index is 14.1. The van der Waals surface area contributed by atoms with Gasteiger partial charge in [0.15, 0.2) is 11.5 Å². The summed E-state index contributed by atoms with van der Waals surface area (Å²) >= 11 is 0. The molecule has 206 valence electrons. The molecule has 1 fully saturated rings. The number of benzene rings is 1. The van der Waals surface area contributed by atoms with Crippen LogP contribution in [0.5, 0.6) is 5.75 Å². The number of alkyl halides is 3. The fourth-order valence-electron chi connectivity index (χ4n) is 4.49. The molecule has 0 aliphatic carbocycles. The SMILES string of the molecule is CO[C@@H](C)COc1ccc2ccc(-c3nnc4ccc([C@@H](N5CC[C@H](N)C5)C(F)(F)F)cn34)nc2c1.Cl.Cl. The molecule has 0 radical (unpaired) electrons. The van der Waals surface area contributed by atoms with Gasteiger partial charge in [0.05, 0.1) is 11.6 Å². The van der Waals surface area contributed by atoms with Crippen LogP contribution in [0.3, 0.4) is 0 Å². The van der Waals surface area contributed by atoms with Crippen molar-refractivity contribution in [1.29, 1.82) is 0 Å². The summed E-state index contributed by atoms with van der Waals surface area (Å²) in [6.45, 7) is 2.78. The van der Waals surface area contributed by atoms with Crippen molar-refractivity contribution in [2.24, 2.45) is 5.73 Å². The molecule has 4 heterocycles. The van der Waals surface area contributed by atoms with Crippen LogP contribution in [0, 0.1) is 0 Å². The zero-order valence-electron chi connectivity index (χ0n) is 20.8. The molecule has 2 N–H and O–H groups in total. The minimum atomic E-state index is -4.45. The van der Waals surface area contributed by atoms with E-state index in [-0.39, 0.29) is 55.6 Å².